The van der Waals surface area contributed by atoms with Crippen LogP contribution < -0.4 is 0 Å². The molecule has 1 amide bonds. The highest BCUT2D eigenvalue weighted by molar-refractivity contribution is 5.89. The number of amides is 1. The highest BCUT2D eigenvalue weighted by Crippen LogP contribution is 2.42. The van der Waals surface area contributed by atoms with Gasteiger partial charge < -0.3 is 14.4 Å². The summed E-state index contributed by atoms with van der Waals surface area (Å²) in [6, 6.07) is 4.02. The molecule has 2 atom stereocenters. The van der Waals surface area contributed by atoms with Crippen LogP contribution in [0.5, 0.6) is 0 Å². The van der Waals surface area contributed by atoms with E-state index in [9.17, 15) is 9.59 Å². The molecule has 102 valence electrons. The molecule has 1 aromatic heterocycles. The zero-order valence-electron chi connectivity index (χ0n) is 10.8. The summed E-state index contributed by atoms with van der Waals surface area (Å²) in [6.45, 7) is 2.33. The number of carboxylic acids is 1. The Hall–Kier alpha value is -1.78. The summed E-state index contributed by atoms with van der Waals surface area (Å²) in [5, 5.41) is 8.91. The molecule has 2 aliphatic carbocycles. The van der Waals surface area contributed by atoms with Gasteiger partial charge in [0.2, 0.25) is 5.91 Å². The lowest BCUT2D eigenvalue weighted by Crippen LogP contribution is -2.34. The fourth-order valence-electron chi connectivity index (χ4n) is 2.47. The van der Waals surface area contributed by atoms with Crippen molar-refractivity contribution in [1.29, 1.82) is 0 Å². The third-order valence-corrected chi connectivity index (χ3v) is 3.82. The second kappa shape index (κ2) is 4.40. The van der Waals surface area contributed by atoms with Crippen LogP contribution >= 0.6 is 0 Å². The second-order valence-corrected chi connectivity index (χ2v) is 5.50. The summed E-state index contributed by atoms with van der Waals surface area (Å²) in [6.07, 6.45) is 2.50. The molecule has 0 spiro atoms. The molecule has 3 rings (SSSR count). The number of aliphatic carboxylic acids is 1. The molecule has 1 heterocycles. The number of rotatable bonds is 5. The third kappa shape index (κ3) is 2.50. The van der Waals surface area contributed by atoms with Crippen LogP contribution in [0.4, 0.5) is 0 Å². The van der Waals surface area contributed by atoms with Gasteiger partial charge in [0.1, 0.15) is 11.5 Å². The molecular weight excluding hydrogens is 246 g/mol. The molecule has 1 aromatic rings. The molecule has 5 nitrogen and oxygen atoms in total. The number of furan rings is 1. The molecule has 0 aromatic carbocycles. The van der Waals surface area contributed by atoms with E-state index in [1.807, 2.05) is 19.1 Å². The number of carbonyl (C=O) groups excluding carboxylic acids is 1. The Kier molecular flexibility index (Phi) is 2.84. The maximum absolute atomic E-state index is 12.3. The average Bonchev–Trinajstić information content (AvgIpc) is 3.23. The van der Waals surface area contributed by atoms with Gasteiger partial charge >= 0.3 is 5.97 Å². The number of nitrogens with zero attached hydrogens (tertiary/aromatic N) is 1. The Balaban J connectivity index is 1.68. The molecule has 1 N–H and O–H groups in total. The summed E-state index contributed by atoms with van der Waals surface area (Å²) < 4.78 is 5.51. The van der Waals surface area contributed by atoms with Crippen LogP contribution in [0.3, 0.4) is 0 Å². The predicted molar refractivity (Wildman–Crippen MR) is 66.2 cm³/mol. The van der Waals surface area contributed by atoms with Crippen molar-refractivity contribution >= 4 is 11.9 Å². The van der Waals surface area contributed by atoms with E-state index >= 15 is 0 Å². The van der Waals surface area contributed by atoms with Gasteiger partial charge in [0.05, 0.1) is 18.4 Å². The minimum atomic E-state index is -0.858. The van der Waals surface area contributed by atoms with Crippen LogP contribution in [0.15, 0.2) is 16.5 Å². The van der Waals surface area contributed by atoms with Gasteiger partial charge in [0, 0.05) is 6.04 Å². The maximum Gasteiger partial charge on any atom is 0.307 e. The van der Waals surface area contributed by atoms with E-state index in [1.54, 1.807) is 4.90 Å². The number of hydrogen-bond acceptors (Lipinski definition) is 3. The van der Waals surface area contributed by atoms with Crippen molar-refractivity contribution in [2.75, 3.05) is 0 Å². The highest BCUT2D eigenvalue weighted by Gasteiger charge is 2.51. The Morgan fingerprint density at radius 3 is 2.58 bits per heavy atom. The molecule has 0 aliphatic heterocycles. The van der Waals surface area contributed by atoms with Crippen molar-refractivity contribution in [3.8, 4) is 0 Å². The van der Waals surface area contributed by atoms with Crippen LogP contribution in [0.25, 0.3) is 0 Å². The van der Waals surface area contributed by atoms with Crippen molar-refractivity contribution < 1.29 is 19.1 Å². The molecule has 0 bridgehead atoms. The first-order valence-corrected chi connectivity index (χ1v) is 6.65. The van der Waals surface area contributed by atoms with Crippen molar-refractivity contribution in [2.45, 2.75) is 38.8 Å². The average molecular weight is 263 g/mol. The van der Waals surface area contributed by atoms with E-state index in [2.05, 4.69) is 0 Å². The van der Waals surface area contributed by atoms with Gasteiger partial charge in [-0.3, -0.25) is 9.59 Å². The largest absolute Gasteiger partial charge is 0.481 e. The molecule has 2 fully saturated rings. The van der Waals surface area contributed by atoms with E-state index in [1.165, 1.54) is 0 Å². The van der Waals surface area contributed by atoms with E-state index in [0.29, 0.717) is 13.0 Å². The Labute approximate surface area is 111 Å². The number of hydrogen-bond donors (Lipinski definition) is 1. The second-order valence-electron chi connectivity index (χ2n) is 5.50. The fraction of sp³-hybridized carbons (Fsp3) is 0.571. The number of carbonyl (C=O) groups is 2. The van der Waals surface area contributed by atoms with Crippen LogP contribution in [0, 0.1) is 18.8 Å². The summed E-state index contributed by atoms with van der Waals surface area (Å²) in [5.74, 6) is -0.0913. The molecule has 5 heteroatoms. The normalized spacial score (nSPS) is 25.1. The topological polar surface area (TPSA) is 70.8 Å². The highest BCUT2D eigenvalue weighted by atomic mass is 16.4. The quantitative estimate of drug-likeness (QED) is 0.879. The Bertz CT molecular complexity index is 517. The van der Waals surface area contributed by atoms with Crippen LogP contribution in [0.1, 0.15) is 30.8 Å². The maximum atomic E-state index is 12.3. The summed E-state index contributed by atoms with van der Waals surface area (Å²) in [5.41, 5.74) is 0. The zero-order valence-corrected chi connectivity index (χ0v) is 10.8. The van der Waals surface area contributed by atoms with Crippen molar-refractivity contribution in [3.63, 3.8) is 0 Å². The van der Waals surface area contributed by atoms with Gasteiger partial charge in [-0.1, -0.05) is 0 Å². The molecule has 0 saturated heterocycles. The summed E-state index contributed by atoms with van der Waals surface area (Å²) in [4.78, 5) is 25.0. The first-order chi connectivity index (χ1) is 9.06. The molecule has 2 saturated carbocycles. The van der Waals surface area contributed by atoms with E-state index in [4.69, 9.17) is 9.52 Å². The van der Waals surface area contributed by atoms with Gasteiger partial charge in [-0.25, -0.2) is 0 Å². The monoisotopic (exact) mass is 263 g/mol. The smallest absolute Gasteiger partial charge is 0.307 e. The molecule has 0 unspecified atom stereocenters. The standard InChI is InChI=1S/C14H17NO4/c1-8-2-5-10(19-8)7-15(9-3-4-9)13(16)11-6-12(11)14(17)18/h2,5,9,11-12H,3-4,6-7H2,1H3,(H,17,18)/t11-,12+/m1/s1. The first-order valence-electron chi connectivity index (χ1n) is 6.65. The van der Waals surface area contributed by atoms with Gasteiger partial charge in [0.15, 0.2) is 0 Å². The van der Waals surface area contributed by atoms with Gasteiger partial charge in [-0.2, -0.15) is 0 Å². The van der Waals surface area contributed by atoms with E-state index in [0.717, 1.165) is 24.4 Å². The SMILES string of the molecule is Cc1ccc(CN(C(=O)[C@@H]2C[C@@H]2C(=O)O)C2CC2)o1. The van der Waals surface area contributed by atoms with Crippen molar-refractivity contribution in [1.82, 2.24) is 4.90 Å². The molecule has 19 heavy (non-hydrogen) atoms. The van der Waals surface area contributed by atoms with Crippen LogP contribution in [0.2, 0.25) is 0 Å². The van der Waals surface area contributed by atoms with Gasteiger partial charge in [-0.05, 0) is 38.3 Å². The molecule has 0 radical (unpaired) electrons. The lowest BCUT2D eigenvalue weighted by atomic mass is 10.2. The Morgan fingerprint density at radius 1 is 1.37 bits per heavy atom. The minimum absolute atomic E-state index is 0.0241. The minimum Gasteiger partial charge on any atom is -0.481 e. The predicted octanol–water partition coefficient (Wildman–Crippen LogP) is 1.80. The lowest BCUT2D eigenvalue weighted by Gasteiger charge is -2.21. The number of carboxylic acid groups (broad SMARTS) is 1. The zero-order chi connectivity index (χ0) is 13.6. The van der Waals surface area contributed by atoms with Crippen molar-refractivity contribution in [3.05, 3.63) is 23.7 Å². The third-order valence-electron chi connectivity index (χ3n) is 3.82. The van der Waals surface area contributed by atoms with Crippen LogP contribution in [-0.4, -0.2) is 27.9 Å². The van der Waals surface area contributed by atoms with Gasteiger partial charge in [-0.15, -0.1) is 0 Å². The fourth-order valence-corrected chi connectivity index (χ4v) is 2.47. The molecular formula is C14H17NO4. The first kappa shape index (κ1) is 12.3. The summed E-state index contributed by atoms with van der Waals surface area (Å²) in [7, 11) is 0. The Morgan fingerprint density at radius 2 is 2.11 bits per heavy atom. The summed E-state index contributed by atoms with van der Waals surface area (Å²) >= 11 is 0. The van der Waals surface area contributed by atoms with E-state index in [-0.39, 0.29) is 17.9 Å². The van der Waals surface area contributed by atoms with Crippen LogP contribution in [-0.2, 0) is 16.1 Å². The molecule has 2 aliphatic rings. The van der Waals surface area contributed by atoms with Crippen molar-refractivity contribution in [2.24, 2.45) is 11.8 Å². The van der Waals surface area contributed by atoms with Gasteiger partial charge in [0.25, 0.3) is 0 Å². The van der Waals surface area contributed by atoms with E-state index < -0.39 is 11.9 Å². The number of aryl methyl sites for hydroxylation is 1. The lowest BCUT2D eigenvalue weighted by molar-refractivity contribution is -0.142.